The summed E-state index contributed by atoms with van der Waals surface area (Å²) in [5.74, 6) is 0.173. The predicted molar refractivity (Wildman–Crippen MR) is 66.1 cm³/mol. The highest BCUT2D eigenvalue weighted by Crippen LogP contribution is 2.18. The highest BCUT2D eigenvalue weighted by molar-refractivity contribution is 5.95. The van der Waals surface area contributed by atoms with Crippen molar-refractivity contribution in [1.29, 1.82) is 0 Å². The summed E-state index contributed by atoms with van der Waals surface area (Å²) in [6.45, 7) is 2.77. The van der Waals surface area contributed by atoms with E-state index in [-0.39, 0.29) is 11.9 Å². The number of hydrogen-bond donors (Lipinski definition) is 0. The zero-order valence-electron chi connectivity index (χ0n) is 10.3. The lowest BCUT2D eigenvalue weighted by molar-refractivity contribution is 0.0104. The summed E-state index contributed by atoms with van der Waals surface area (Å²) in [6.07, 6.45) is 6.84. The van der Waals surface area contributed by atoms with Gasteiger partial charge in [0.05, 0.1) is 6.10 Å². The van der Waals surface area contributed by atoms with Crippen molar-refractivity contribution in [3.05, 3.63) is 29.6 Å². The Hall–Kier alpha value is -1.22. The molecular formula is C14H19NO2. The van der Waals surface area contributed by atoms with Crippen LogP contribution in [0.5, 0.6) is 0 Å². The van der Waals surface area contributed by atoms with E-state index >= 15 is 0 Å². The summed E-state index contributed by atoms with van der Waals surface area (Å²) in [4.78, 5) is 16.0. The minimum absolute atomic E-state index is 0.173. The average molecular weight is 233 g/mol. The number of aryl methyl sites for hydroxylation is 1. The predicted octanol–water partition coefficient (Wildman–Crippen LogP) is 2.92. The molecule has 2 rings (SSSR count). The van der Waals surface area contributed by atoms with Crippen LogP contribution in [0.1, 0.15) is 48.2 Å². The summed E-state index contributed by atoms with van der Waals surface area (Å²) in [5, 5.41) is 0. The Morgan fingerprint density at radius 3 is 3.00 bits per heavy atom. The Bertz CT molecular complexity index is 366. The first-order valence-corrected chi connectivity index (χ1v) is 6.33. The summed E-state index contributed by atoms with van der Waals surface area (Å²) in [6, 6.07) is 3.73. The summed E-state index contributed by atoms with van der Waals surface area (Å²) in [7, 11) is 0. The van der Waals surface area contributed by atoms with Crippen LogP contribution in [-0.4, -0.2) is 23.5 Å². The second kappa shape index (κ2) is 5.92. The molecule has 1 unspecified atom stereocenters. The highest BCUT2D eigenvalue weighted by atomic mass is 16.5. The number of Topliss-reactive ketones (excluding diaryl/α,β-unsaturated/α-hetero) is 1. The molecule has 1 aromatic rings. The van der Waals surface area contributed by atoms with Crippen molar-refractivity contribution in [3.8, 4) is 0 Å². The van der Waals surface area contributed by atoms with Crippen LogP contribution in [0.25, 0.3) is 0 Å². The van der Waals surface area contributed by atoms with Crippen LogP contribution in [0.3, 0.4) is 0 Å². The van der Waals surface area contributed by atoms with Gasteiger partial charge in [-0.15, -0.1) is 0 Å². The molecule has 0 spiro atoms. The summed E-state index contributed by atoms with van der Waals surface area (Å²) in [5.41, 5.74) is 1.66. The fourth-order valence-corrected chi connectivity index (χ4v) is 2.10. The monoisotopic (exact) mass is 233 g/mol. The van der Waals surface area contributed by atoms with Crippen molar-refractivity contribution in [2.24, 2.45) is 0 Å². The van der Waals surface area contributed by atoms with Gasteiger partial charge in [0, 0.05) is 30.5 Å². The fourth-order valence-electron chi connectivity index (χ4n) is 2.10. The molecule has 3 heteroatoms. The first-order chi connectivity index (χ1) is 8.25. The second-order valence-electron chi connectivity index (χ2n) is 4.64. The van der Waals surface area contributed by atoms with Gasteiger partial charge in [0.15, 0.2) is 5.78 Å². The Morgan fingerprint density at radius 1 is 1.47 bits per heavy atom. The van der Waals surface area contributed by atoms with Crippen LogP contribution < -0.4 is 0 Å². The third-order valence-corrected chi connectivity index (χ3v) is 3.20. The minimum Gasteiger partial charge on any atom is -0.378 e. The Morgan fingerprint density at radius 2 is 2.35 bits per heavy atom. The maximum absolute atomic E-state index is 11.9. The molecule has 0 saturated carbocycles. The smallest absolute Gasteiger partial charge is 0.164 e. The van der Waals surface area contributed by atoms with Crippen molar-refractivity contribution in [1.82, 2.24) is 4.98 Å². The first-order valence-electron chi connectivity index (χ1n) is 6.33. The quantitative estimate of drug-likeness (QED) is 0.751. The van der Waals surface area contributed by atoms with Crippen molar-refractivity contribution in [2.75, 3.05) is 6.61 Å². The lowest BCUT2D eigenvalue weighted by Crippen LogP contribution is -2.20. The number of aromatic nitrogens is 1. The van der Waals surface area contributed by atoms with Crippen molar-refractivity contribution >= 4 is 5.78 Å². The van der Waals surface area contributed by atoms with Gasteiger partial charge < -0.3 is 4.74 Å². The van der Waals surface area contributed by atoms with E-state index in [1.807, 2.05) is 19.1 Å². The zero-order valence-corrected chi connectivity index (χ0v) is 10.3. The Balaban J connectivity index is 1.82. The molecule has 0 bridgehead atoms. The topological polar surface area (TPSA) is 39.2 Å². The minimum atomic E-state index is 0.173. The summed E-state index contributed by atoms with van der Waals surface area (Å²) < 4.78 is 5.62. The molecule has 3 nitrogen and oxygen atoms in total. The molecule has 2 heterocycles. The first kappa shape index (κ1) is 12.2. The number of carbonyl (C=O) groups excluding carboxylic acids is 1. The van der Waals surface area contributed by atoms with E-state index < -0.39 is 0 Å². The van der Waals surface area contributed by atoms with E-state index in [1.165, 1.54) is 6.42 Å². The Kier molecular flexibility index (Phi) is 4.26. The lowest BCUT2D eigenvalue weighted by atomic mass is 10.0. The number of ketones is 1. The average Bonchev–Trinajstić information content (AvgIpc) is 2.38. The van der Waals surface area contributed by atoms with Crippen molar-refractivity contribution in [2.45, 2.75) is 45.1 Å². The third kappa shape index (κ3) is 3.63. The number of hydrogen-bond acceptors (Lipinski definition) is 3. The normalized spacial score (nSPS) is 20.2. The Labute approximate surface area is 102 Å². The number of ether oxygens (including phenoxy) is 1. The standard InChI is InChI=1S/C14H19NO2/c1-11-5-6-12(10-15-11)14(16)8-7-13-4-2-3-9-17-13/h5-6,10,13H,2-4,7-9H2,1H3. The molecule has 1 fully saturated rings. The molecule has 1 aliphatic heterocycles. The SMILES string of the molecule is Cc1ccc(C(=O)CCC2CCCCO2)cn1. The van der Waals surface area contributed by atoms with Gasteiger partial charge in [-0.1, -0.05) is 0 Å². The van der Waals surface area contributed by atoms with Gasteiger partial charge in [0.2, 0.25) is 0 Å². The molecule has 1 aliphatic rings. The molecule has 1 aromatic heterocycles. The largest absolute Gasteiger partial charge is 0.378 e. The molecular weight excluding hydrogens is 214 g/mol. The molecule has 0 aliphatic carbocycles. The van der Waals surface area contributed by atoms with E-state index in [0.717, 1.165) is 31.6 Å². The van der Waals surface area contributed by atoms with E-state index in [4.69, 9.17) is 4.74 Å². The molecule has 92 valence electrons. The van der Waals surface area contributed by atoms with Gasteiger partial charge in [-0.2, -0.15) is 0 Å². The summed E-state index contributed by atoms with van der Waals surface area (Å²) >= 11 is 0. The highest BCUT2D eigenvalue weighted by Gasteiger charge is 2.15. The van der Waals surface area contributed by atoms with Crippen LogP contribution in [0.4, 0.5) is 0 Å². The number of pyridine rings is 1. The van der Waals surface area contributed by atoms with Gasteiger partial charge in [0.25, 0.3) is 0 Å². The number of nitrogens with zero attached hydrogens (tertiary/aromatic N) is 1. The van der Waals surface area contributed by atoms with E-state index in [0.29, 0.717) is 12.0 Å². The molecule has 0 amide bonds. The number of rotatable bonds is 4. The molecule has 17 heavy (non-hydrogen) atoms. The van der Waals surface area contributed by atoms with Gasteiger partial charge in [-0.3, -0.25) is 9.78 Å². The maximum Gasteiger partial charge on any atom is 0.164 e. The van der Waals surface area contributed by atoms with Gasteiger partial charge >= 0.3 is 0 Å². The van der Waals surface area contributed by atoms with Gasteiger partial charge in [-0.25, -0.2) is 0 Å². The van der Waals surface area contributed by atoms with Crippen LogP contribution in [-0.2, 0) is 4.74 Å². The van der Waals surface area contributed by atoms with Crippen LogP contribution in [0, 0.1) is 6.92 Å². The van der Waals surface area contributed by atoms with Crippen molar-refractivity contribution < 1.29 is 9.53 Å². The lowest BCUT2D eigenvalue weighted by Gasteiger charge is -2.22. The molecule has 0 N–H and O–H groups in total. The maximum atomic E-state index is 11.9. The van der Waals surface area contributed by atoms with Crippen molar-refractivity contribution in [3.63, 3.8) is 0 Å². The van der Waals surface area contributed by atoms with Crippen LogP contribution in [0.2, 0.25) is 0 Å². The van der Waals surface area contributed by atoms with E-state index in [2.05, 4.69) is 4.98 Å². The molecule has 1 saturated heterocycles. The van der Waals surface area contributed by atoms with E-state index in [1.54, 1.807) is 6.20 Å². The van der Waals surface area contributed by atoms with Gasteiger partial charge in [0.1, 0.15) is 0 Å². The number of carbonyl (C=O) groups is 1. The fraction of sp³-hybridized carbons (Fsp3) is 0.571. The van der Waals surface area contributed by atoms with Gasteiger partial charge in [-0.05, 0) is 44.7 Å². The van der Waals surface area contributed by atoms with Crippen LogP contribution >= 0.6 is 0 Å². The second-order valence-corrected chi connectivity index (χ2v) is 4.64. The molecule has 0 aromatic carbocycles. The molecule has 1 atom stereocenters. The van der Waals surface area contributed by atoms with E-state index in [9.17, 15) is 4.79 Å². The third-order valence-electron chi connectivity index (χ3n) is 3.20. The van der Waals surface area contributed by atoms with Crippen LogP contribution in [0.15, 0.2) is 18.3 Å². The zero-order chi connectivity index (χ0) is 12.1. The molecule has 0 radical (unpaired) electrons.